The van der Waals surface area contributed by atoms with Crippen LogP contribution in [0.5, 0.6) is 0 Å². The van der Waals surface area contributed by atoms with Crippen LogP contribution in [0.2, 0.25) is 6.32 Å². The minimum atomic E-state index is 0.0266. The lowest BCUT2D eigenvalue weighted by molar-refractivity contribution is 0.191. The maximum absolute atomic E-state index is 5.65. The minimum Gasteiger partial charge on any atom is -0.411 e. The van der Waals surface area contributed by atoms with E-state index in [1.807, 2.05) is 0 Å². The summed E-state index contributed by atoms with van der Waals surface area (Å²) in [6.45, 7) is 8.22. The predicted molar refractivity (Wildman–Crippen MR) is 67.2 cm³/mol. The van der Waals surface area contributed by atoms with E-state index in [1.165, 1.54) is 25.7 Å². The Morgan fingerprint density at radius 2 is 1.20 bits per heavy atom. The van der Waals surface area contributed by atoms with Crippen LogP contribution in [0.25, 0.3) is 0 Å². The number of hydrogen-bond donors (Lipinski definition) is 0. The average Bonchev–Trinajstić information content (AvgIpc) is 2.27. The largest absolute Gasteiger partial charge is 0.456 e. The molecule has 0 aliphatic rings. The lowest BCUT2D eigenvalue weighted by atomic mass is 9.86. The summed E-state index contributed by atoms with van der Waals surface area (Å²) in [6.07, 6.45) is 8.28. The molecule has 0 radical (unpaired) electrons. The van der Waals surface area contributed by atoms with Gasteiger partial charge in [0.2, 0.25) is 0 Å². The van der Waals surface area contributed by atoms with Gasteiger partial charge in [-0.05, 0) is 19.2 Å². The molecular formula is C12H27BO2. The van der Waals surface area contributed by atoms with E-state index in [1.54, 1.807) is 0 Å². The van der Waals surface area contributed by atoms with Crippen molar-refractivity contribution in [2.45, 2.75) is 65.6 Å². The molecule has 0 unspecified atom stereocenters. The lowest BCUT2D eigenvalue weighted by Gasteiger charge is -2.12. The molecule has 0 heterocycles. The van der Waals surface area contributed by atoms with Crippen LogP contribution in [0.15, 0.2) is 0 Å². The molecule has 0 saturated carbocycles. The first-order valence-corrected chi connectivity index (χ1v) is 6.58. The topological polar surface area (TPSA) is 18.5 Å². The van der Waals surface area contributed by atoms with Crippen LogP contribution in [-0.2, 0) is 9.31 Å². The van der Waals surface area contributed by atoms with Crippen molar-refractivity contribution < 1.29 is 9.31 Å². The average molecular weight is 214 g/mol. The summed E-state index contributed by atoms with van der Waals surface area (Å²) in [5.41, 5.74) is 0. The Labute approximate surface area is 95.9 Å². The van der Waals surface area contributed by atoms with Crippen LogP contribution in [-0.4, -0.2) is 20.3 Å². The predicted octanol–water partition coefficient (Wildman–Crippen LogP) is 3.91. The summed E-state index contributed by atoms with van der Waals surface area (Å²) in [5, 5.41) is 0. The quantitative estimate of drug-likeness (QED) is 0.383. The number of hydrogen-bond acceptors (Lipinski definition) is 2. The van der Waals surface area contributed by atoms with Crippen LogP contribution in [0.3, 0.4) is 0 Å². The van der Waals surface area contributed by atoms with Crippen LogP contribution in [0, 0.1) is 0 Å². The monoisotopic (exact) mass is 214 g/mol. The van der Waals surface area contributed by atoms with Gasteiger partial charge in [0.05, 0.1) is 0 Å². The van der Waals surface area contributed by atoms with Gasteiger partial charge < -0.3 is 9.31 Å². The maximum Gasteiger partial charge on any atom is 0.456 e. The summed E-state index contributed by atoms with van der Waals surface area (Å²) in [4.78, 5) is 0. The zero-order chi connectivity index (χ0) is 11.4. The Bertz CT molecular complexity index is 108. The molecule has 0 amide bonds. The van der Waals surface area contributed by atoms with E-state index < -0.39 is 0 Å². The zero-order valence-corrected chi connectivity index (χ0v) is 10.8. The maximum atomic E-state index is 5.65. The Morgan fingerprint density at radius 3 is 1.53 bits per heavy atom. The van der Waals surface area contributed by atoms with Crippen LogP contribution in [0.1, 0.15) is 59.3 Å². The van der Waals surface area contributed by atoms with E-state index in [4.69, 9.17) is 9.31 Å². The summed E-state index contributed by atoms with van der Waals surface area (Å²) in [5.74, 6) is 0. The second-order valence-electron chi connectivity index (χ2n) is 3.99. The molecule has 0 N–H and O–H groups in total. The highest BCUT2D eigenvalue weighted by atomic mass is 16.6. The fourth-order valence-electron chi connectivity index (χ4n) is 1.42. The molecule has 15 heavy (non-hydrogen) atoms. The van der Waals surface area contributed by atoms with Gasteiger partial charge >= 0.3 is 7.12 Å². The molecule has 0 aromatic rings. The molecule has 0 bridgehead atoms. The van der Waals surface area contributed by atoms with E-state index in [2.05, 4.69) is 20.8 Å². The molecule has 0 fully saturated rings. The van der Waals surface area contributed by atoms with Crippen molar-refractivity contribution in [1.29, 1.82) is 0 Å². The highest BCUT2D eigenvalue weighted by Crippen LogP contribution is 2.02. The third-order valence-electron chi connectivity index (χ3n) is 2.44. The molecule has 0 aliphatic carbocycles. The minimum absolute atomic E-state index is 0.0266. The van der Waals surface area contributed by atoms with E-state index in [-0.39, 0.29) is 7.12 Å². The van der Waals surface area contributed by atoms with E-state index in [9.17, 15) is 0 Å². The van der Waals surface area contributed by atoms with Crippen molar-refractivity contribution in [2.24, 2.45) is 0 Å². The second kappa shape index (κ2) is 12.1. The van der Waals surface area contributed by atoms with E-state index in [0.29, 0.717) is 0 Å². The normalized spacial score (nSPS) is 10.6. The SMILES string of the molecule is CCCCCOB(CC)OCCCCC. The summed E-state index contributed by atoms with van der Waals surface area (Å²) < 4.78 is 11.3. The Balaban J connectivity index is 3.29. The standard InChI is InChI=1S/C12H27BO2/c1-4-7-9-11-14-13(6-3)15-12-10-8-5-2/h4-12H2,1-3H3. The van der Waals surface area contributed by atoms with Crippen molar-refractivity contribution in [1.82, 2.24) is 0 Å². The van der Waals surface area contributed by atoms with Crippen LogP contribution < -0.4 is 0 Å². The van der Waals surface area contributed by atoms with Crippen molar-refractivity contribution in [3.05, 3.63) is 0 Å². The molecule has 2 nitrogen and oxygen atoms in total. The smallest absolute Gasteiger partial charge is 0.411 e. The first-order chi connectivity index (χ1) is 7.35. The molecule has 0 aromatic heterocycles. The summed E-state index contributed by atoms with van der Waals surface area (Å²) in [6, 6.07) is 0. The first kappa shape index (κ1) is 15.0. The fraction of sp³-hybridized carbons (Fsp3) is 1.00. The zero-order valence-electron chi connectivity index (χ0n) is 10.8. The van der Waals surface area contributed by atoms with Crippen molar-refractivity contribution in [3.63, 3.8) is 0 Å². The molecule has 0 spiro atoms. The second-order valence-corrected chi connectivity index (χ2v) is 3.99. The van der Waals surface area contributed by atoms with Gasteiger partial charge in [-0.2, -0.15) is 0 Å². The summed E-state index contributed by atoms with van der Waals surface area (Å²) >= 11 is 0. The van der Waals surface area contributed by atoms with Gasteiger partial charge in [0.1, 0.15) is 0 Å². The number of rotatable bonds is 11. The molecule has 0 rings (SSSR count). The molecule has 0 saturated heterocycles. The van der Waals surface area contributed by atoms with Gasteiger partial charge in [0.25, 0.3) is 0 Å². The van der Waals surface area contributed by atoms with Gasteiger partial charge in [0.15, 0.2) is 0 Å². The highest BCUT2D eigenvalue weighted by molar-refractivity contribution is 6.44. The van der Waals surface area contributed by atoms with Crippen molar-refractivity contribution >= 4 is 7.12 Å². The van der Waals surface area contributed by atoms with Gasteiger partial charge in [0, 0.05) is 13.2 Å². The molecule has 3 heteroatoms. The molecular weight excluding hydrogens is 187 g/mol. The van der Waals surface area contributed by atoms with Crippen molar-refractivity contribution in [3.8, 4) is 0 Å². The highest BCUT2D eigenvalue weighted by Gasteiger charge is 2.13. The Hall–Kier alpha value is -0.0151. The molecule has 0 aromatic carbocycles. The lowest BCUT2D eigenvalue weighted by Crippen LogP contribution is -2.23. The Kier molecular flexibility index (Phi) is 12.0. The van der Waals surface area contributed by atoms with Crippen LogP contribution in [0.4, 0.5) is 0 Å². The third kappa shape index (κ3) is 10.3. The van der Waals surface area contributed by atoms with Gasteiger partial charge in [-0.1, -0.05) is 46.5 Å². The third-order valence-corrected chi connectivity index (χ3v) is 2.44. The van der Waals surface area contributed by atoms with E-state index >= 15 is 0 Å². The summed E-state index contributed by atoms with van der Waals surface area (Å²) in [7, 11) is 0.0266. The van der Waals surface area contributed by atoms with Gasteiger partial charge in [-0.25, -0.2) is 0 Å². The number of unbranched alkanes of at least 4 members (excludes halogenated alkanes) is 4. The first-order valence-electron chi connectivity index (χ1n) is 6.58. The van der Waals surface area contributed by atoms with Gasteiger partial charge in [-0.15, -0.1) is 0 Å². The molecule has 0 aliphatic heterocycles. The molecule has 0 atom stereocenters. The van der Waals surface area contributed by atoms with E-state index in [0.717, 1.165) is 32.4 Å². The molecule has 90 valence electrons. The van der Waals surface area contributed by atoms with Gasteiger partial charge in [-0.3, -0.25) is 0 Å². The van der Waals surface area contributed by atoms with Crippen molar-refractivity contribution in [2.75, 3.05) is 13.2 Å². The fourth-order valence-corrected chi connectivity index (χ4v) is 1.42. The van der Waals surface area contributed by atoms with Crippen LogP contribution >= 0.6 is 0 Å². The Morgan fingerprint density at radius 1 is 0.733 bits per heavy atom.